The average Bonchev–Trinajstić information content (AvgIpc) is 2.77. The van der Waals surface area contributed by atoms with Crippen LogP contribution in [0.2, 0.25) is 0 Å². The Morgan fingerprint density at radius 2 is 1.47 bits per heavy atom. The molecule has 1 unspecified atom stereocenters. The Morgan fingerprint density at radius 1 is 0.853 bits per heavy atom. The number of Topliss-reactive ketones (excluding diaryl/α,β-unsaturated/α-hetero) is 1. The second-order valence-corrected chi connectivity index (χ2v) is 7.22. The van der Waals surface area contributed by atoms with Crippen LogP contribution in [0.4, 0.5) is 36.8 Å². The maximum Gasteiger partial charge on any atom is 0.418 e. The monoisotopic (exact) mass is 481 g/mol. The van der Waals surface area contributed by atoms with Gasteiger partial charge in [0.15, 0.2) is 5.78 Å². The van der Waals surface area contributed by atoms with Crippen LogP contribution in [0.5, 0.6) is 0 Å². The molecule has 0 fully saturated rings. The summed E-state index contributed by atoms with van der Waals surface area (Å²) in [6.45, 7) is 1.36. The van der Waals surface area contributed by atoms with Crippen LogP contribution in [0, 0.1) is 0 Å². The summed E-state index contributed by atoms with van der Waals surface area (Å²) >= 11 is 0. The lowest BCUT2D eigenvalue weighted by Crippen LogP contribution is -2.35. The standard InChI is InChI=1S/C23H17F6N3O2/c1-13(33)14-6-10-17(11-7-14)31-21(34)32-19(15-4-8-16(9-5-15)22(24,25)26)20-18(23(27,28)29)3-2-12-30-20/h2-12,19H,1H3,(H2,31,32,34). The number of carbonyl (C=O) groups is 2. The molecular formula is C23H17F6N3O2. The van der Waals surface area contributed by atoms with E-state index in [0.717, 1.165) is 30.5 Å². The van der Waals surface area contributed by atoms with Crippen molar-refractivity contribution in [2.75, 3.05) is 5.32 Å². The largest absolute Gasteiger partial charge is 0.418 e. The molecule has 5 nitrogen and oxygen atoms in total. The first kappa shape index (κ1) is 24.7. The smallest absolute Gasteiger partial charge is 0.325 e. The molecule has 11 heteroatoms. The molecule has 3 aromatic rings. The number of anilines is 1. The van der Waals surface area contributed by atoms with E-state index >= 15 is 0 Å². The third-order valence-electron chi connectivity index (χ3n) is 4.81. The number of amides is 2. The number of nitrogens with zero attached hydrogens (tertiary/aromatic N) is 1. The Bertz CT molecular complexity index is 1170. The van der Waals surface area contributed by atoms with Gasteiger partial charge in [0.2, 0.25) is 0 Å². The van der Waals surface area contributed by atoms with Crippen molar-refractivity contribution < 1.29 is 35.9 Å². The number of hydrogen-bond acceptors (Lipinski definition) is 3. The summed E-state index contributed by atoms with van der Waals surface area (Å²) in [4.78, 5) is 27.7. The zero-order valence-electron chi connectivity index (χ0n) is 17.5. The minimum atomic E-state index is -4.82. The molecule has 3 rings (SSSR count). The summed E-state index contributed by atoms with van der Waals surface area (Å²) < 4.78 is 79.6. The molecule has 34 heavy (non-hydrogen) atoms. The predicted molar refractivity (Wildman–Crippen MR) is 111 cm³/mol. The van der Waals surface area contributed by atoms with E-state index in [1.54, 1.807) is 0 Å². The normalized spacial score (nSPS) is 12.7. The van der Waals surface area contributed by atoms with Gasteiger partial charge in [-0.25, -0.2) is 4.79 Å². The lowest BCUT2D eigenvalue weighted by atomic mass is 9.98. The molecule has 0 saturated carbocycles. The van der Waals surface area contributed by atoms with Crippen LogP contribution >= 0.6 is 0 Å². The number of hydrogen-bond donors (Lipinski definition) is 2. The second kappa shape index (κ2) is 9.54. The highest BCUT2D eigenvalue weighted by atomic mass is 19.4. The molecule has 1 atom stereocenters. The summed E-state index contributed by atoms with van der Waals surface area (Å²) in [6, 6.07) is 8.49. The molecule has 2 N–H and O–H groups in total. The van der Waals surface area contributed by atoms with E-state index < -0.39 is 41.2 Å². The zero-order chi connectivity index (χ0) is 25.1. The summed E-state index contributed by atoms with van der Waals surface area (Å²) in [5, 5.41) is 4.77. The van der Waals surface area contributed by atoms with Gasteiger partial charge in [-0.1, -0.05) is 12.1 Å². The van der Waals surface area contributed by atoms with Gasteiger partial charge in [-0.2, -0.15) is 26.3 Å². The number of nitrogens with one attached hydrogen (secondary N) is 2. The van der Waals surface area contributed by atoms with Crippen molar-refractivity contribution in [2.24, 2.45) is 0 Å². The molecule has 178 valence electrons. The Morgan fingerprint density at radius 3 is 2.00 bits per heavy atom. The molecule has 0 bridgehead atoms. The minimum Gasteiger partial charge on any atom is -0.325 e. The topological polar surface area (TPSA) is 71.1 Å². The number of rotatable bonds is 5. The van der Waals surface area contributed by atoms with Gasteiger partial charge in [0.1, 0.15) is 0 Å². The molecule has 0 radical (unpaired) electrons. The van der Waals surface area contributed by atoms with E-state index in [1.165, 1.54) is 31.2 Å². The lowest BCUT2D eigenvalue weighted by molar-refractivity contribution is -0.139. The zero-order valence-corrected chi connectivity index (χ0v) is 17.5. The maximum atomic E-state index is 13.6. The molecular weight excluding hydrogens is 464 g/mol. The molecule has 2 aromatic carbocycles. The van der Waals surface area contributed by atoms with Crippen molar-refractivity contribution >= 4 is 17.5 Å². The highest BCUT2D eigenvalue weighted by molar-refractivity contribution is 5.95. The molecule has 2 amide bonds. The quantitative estimate of drug-likeness (QED) is 0.335. The first-order valence-electron chi connectivity index (χ1n) is 9.74. The third kappa shape index (κ3) is 5.91. The van der Waals surface area contributed by atoms with E-state index in [2.05, 4.69) is 15.6 Å². The minimum absolute atomic E-state index is 0.0423. The molecule has 1 aromatic heterocycles. The van der Waals surface area contributed by atoms with Gasteiger partial charge in [-0.3, -0.25) is 9.78 Å². The fourth-order valence-corrected chi connectivity index (χ4v) is 3.15. The number of urea groups is 1. The maximum absolute atomic E-state index is 13.6. The first-order chi connectivity index (χ1) is 15.9. The van der Waals surface area contributed by atoms with E-state index in [4.69, 9.17) is 0 Å². The second-order valence-electron chi connectivity index (χ2n) is 7.22. The number of alkyl halides is 6. The van der Waals surface area contributed by atoms with Crippen LogP contribution in [0.1, 0.15) is 45.7 Å². The number of halogens is 6. The van der Waals surface area contributed by atoms with Crippen molar-refractivity contribution in [3.05, 3.63) is 94.8 Å². The first-order valence-corrected chi connectivity index (χ1v) is 9.74. The fraction of sp³-hybridized carbons (Fsp3) is 0.174. The number of aromatic nitrogens is 1. The van der Waals surface area contributed by atoms with Crippen LogP contribution in [0.25, 0.3) is 0 Å². The average molecular weight is 481 g/mol. The van der Waals surface area contributed by atoms with Crippen molar-refractivity contribution in [3.8, 4) is 0 Å². The highest BCUT2D eigenvalue weighted by Gasteiger charge is 2.37. The van der Waals surface area contributed by atoms with Gasteiger partial charge >= 0.3 is 18.4 Å². The van der Waals surface area contributed by atoms with Crippen LogP contribution in [0.3, 0.4) is 0 Å². The molecule has 0 saturated heterocycles. The number of pyridine rings is 1. The van der Waals surface area contributed by atoms with Crippen molar-refractivity contribution in [2.45, 2.75) is 25.3 Å². The molecule has 0 aliphatic rings. The summed E-state index contributed by atoms with van der Waals surface area (Å²) in [5.41, 5.74) is -2.15. The Balaban J connectivity index is 1.96. The lowest BCUT2D eigenvalue weighted by Gasteiger charge is -2.23. The van der Waals surface area contributed by atoms with Gasteiger partial charge in [0.05, 0.1) is 22.9 Å². The van der Waals surface area contributed by atoms with Gasteiger partial charge in [0.25, 0.3) is 0 Å². The number of benzene rings is 2. The van der Waals surface area contributed by atoms with Crippen LogP contribution in [0.15, 0.2) is 66.9 Å². The molecule has 0 aliphatic carbocycles. The summed E-state index contributed by atoms with van der Waals surface area (Å²) in [6.07, 6.45) is -8.39. The summed E-state index contributed by atoms with van der Waals surface area (Å²) in [7, 11) is 0. The third-order valence-corrected chi connectivity index (χ3v) is 4.81. The van der Waals surface area contributed by atoms with Crippen LogP contribution in [-0.4, -0.2) is 16.8 Å². The predicted octanol–water partition coefficient (Wildman–Crippen LogP) is 6.23. The van der Waals surface area contributed by atoms with Crippen LogP contribution < -0.4 is 10.6 Å². The van der Waals surface area contributed by atoms with Crippen molar-refractivity contribution in [3.63, 3.8) is 0 Å². The van der Waals surface area contributed by atoms with E-state index in [9.17, 15) is 35.9 Å². The van der Waals surface area contributed by atoms with Gasteiger partial charge < -0.3 is 10.6 Å². The van der Waals surface area contributed by atoms with E-state index in [1.807, 2.05) is 0 Å². The van der Waals surface area contributed by atoms with Crippen LogP contribution in [-0.2, 0) is 12.4 Å². The number of carbonyl (C=O) groups excluding carboxylic acids is 2. The number of ketones is 1. The van der Waals surface area contributed by atoms with E-state index in [0.29, 0.717) is 17.7 Å². The Labute approximate surface area is 189 Å². The fourth-order valence-electron chi connectivity index (χ4n) is 3.15. The van der Waals surface area contributed by atoms with Crippen molar-refractivity contribution in [1.29, 1.82) is 0 Å². The van der Waals surface area contributed by atoms with E-state index in [-0.39, 0.29) is 17.0 Å². The van der Waals surface area contributed by atoms with Gasteiger partial charge in [-0.15, -0.1) is 0 Å². The Kier molecular flexibility index (Phi) is 6.94. The highest BCUT2D eigenvalue weighted by Crippen LogP contribution is 2.36. The molecule has 1 heterocycles. The SMILES string of the molecule is CC(=O)c1ccc(NC(=O)NC(c2ccc(C(F)(F)F)cc2)c2ncccc2C(F)(F)F)cc1. The van der Waals surface area contributed by atoms with Gasteiger partial charge in [-0.05, 0) is 61.0 Å². The van der Waals surface area contributed by atoms with Gasteiger partial charge in [0, 0.05) is 17.4 Å². The molecule has 0 spiro atoms. The van der Waals surface area contributed by atoms with Crippen molar-refractivity contribution in [1.82, 2.24) is 10.3 Å². The summed E-state index contributed by atoms with van der Waals surface area (Å²) in [5.74, 6) is -0.201. The Hall–Kier alpha value is -3.89. The molecule has 0 aliphatic heterocycles.